The molecule has 0 amide bonds. The van der Waals surface area contributed by atoms with Gasteiger partial charge >= 0.3 is 0 Å². The number of benzene rings is 1. The molecule has 0 aromatic heterocycles. The Morgan fingerprint density at radius 3 is 2.57 bits per heavy atom. The van der Waals surface area contributed by atoms with Crippen LogP contribution < -0.4 is 5.32 Å². The van der Waals surface area contributed by atoms with E-state index in [0.717, 1.165) is 16.9 Å². The van der Waals surface area contributed by atoms with E-state index in [0.29, 0.717) is 6.04 Å². The Labute approximate surface area is 90.5 Å². The number of rotatable bonds is 3. The van der Waals surface area contributed by atoms with Crippen molar-refractivity contribution in [2.45, 2.75) is 19.4 Å². The van der Waals surface area contributed by atoms with Crippen LogP contribution in [0.2, 0.25) is 5.02 Å². The first-order chi connectivity index (χ1) is 6.74. The Bertz CT molecular complexity index is 324. The SMILES string of the molecule is CNC(c1ccccc1Cl)C1CC1C. The highest BCUT2D eigenvalue weighted by molar-refractivity contribution is 6.31. The van der Waals surface area contributed by atoms with Gasteiger partial charge in [0, 0.05) is 11.1 Å². The largest absolute Gasteiger partial charge is 0.313 e. The fourth-order valence-corrected chi connectivity index (χ4v) is 2.40. The molecule has 1 nitrogen and oxygen atoms in total. The van der Waals surface area contributed by atoms with Gasteiger partial charge in [0.1, 0.15) is 0 Å². The molecule has 2 rings (SSSR count). The van der Waals surface area contributed by atoms with Gasteiger partial charge in [-0.15, -0.1) is 0 Å². The van der Waals surface area contributed by atoms with Gasteiger partial charge < -0.3 is 5.32 Å². The molecular weight excluding hydrogens is 194 g/mol. The maximum absolute atomic E-state index is 6.18. The van der Waals surface area contributed by atoms with Gasteiger partial charge in [-0.1, -0.05) is 36.7 Å². The third kappa shape index (κ3) is 1.79. The van der Waals surface area contributed by atoms with E-state index in [-0.39, 0.29) is 0 Å². The molecule has 0 bridgehead atoms. The van der Waals surface area contributed by atoms with Crippen molar-refractivity contribution < 1.29 is 0 Å². The third-order valence-corrected chi connectivity index (χ3v) is 3.50. The quantitative estimate of drug-likeness (QED) is 0.806. The standard InChI is InChI=1S/C12H16ClN/c1-8-7-10(8)12(14-2)9-5-3-4-6-11(9)13/h3-6,8,10,12,14H,7H2,1-2H3. The van der Waals surface area contributed by atoms with Gasteiger partial charge in [-0.25, -0.2) is 0 Å². The Balaban J connectivity index is 2.23. The van der Waals surface area contributed by atoms with Crippen LogP contribution in [-0.4, -0.2) is 7.05 Å². The average molecular weight is 210 g/mol. The molecule has 0 aliphatic heterocycles. The van der Waals surface area contributed by atoms with Gasteiger partial charge in [0.15, 0.2) is 0 Å². The minimum Gasteiger partial charge on any atom is -0.313 e. The van der Waals surface area contributed by atoms with Crippen LogP contribution in [0.4, 0.5) is 0 Å². The van der Waals surface area contributed by atoms with Crippen LogP contribution in [0.3, 0.4) is 0 Å². The fraction of sp³-hybridized carbons (Fsp3) is 0.500. The number of halogens is 1. The first kappa shape index (κ1) is 10.0. The summed E-state index contributed by atoms with van der Waals surface area (Å²) in [7, 11) is 2.01. The molecule has 1 aliphatic carbocycles. The van der Waals surface area contributed by atoms with Gasteiger partial charge in [-0.05, 0) is 36.9 Å². The van der Waals surface area contributed by atoms with Crippen molar-refractivity contribution in [1.82, 2.24) is 5.32 Å². The average Bonchev–Trinajstić information content (AvgIpc) is 2.88. The summed E-state index contributed by atoms with van der Waals surface area (Å²) < 4.78 is 0. The van der Waals surface area contributed by atoms with Gasteiger partial charge in [0.25, 0.3) is 0 Å². The monoisotopic (exact) mass is 209 g/mol. The lowest BCUT2D eigenvalue weighted by molar-refractivity contribution is 0.504. The van der Waals surface area contributed by atoms with Crippen molar-refractivity contribution in [2.75, 3.05) is 7.05 Å². The van der Waals surface area contributed by atoms with E-state index in [1.54, 1.807) is 0 Å². The maximum Gasteiger partial charge on any atom is 0.0453 e. The molecule has 0 heterocycles. The molecule has 1 saturated carbocycles. The summed E-state index contributed by atoms with van der Waals surface area (Å²) in [5.41, 5.74) is 1.24. The van der Waals surface area contributed by atoms with E-state index in [9.17, 15) is 0 Å². The molecule has 3 unspecified atom stereocenters. The van der Waals surface area contributed by atoms with E-state index in [1.807, 2.05) is 19.2 Å². The number of nitrogens with one attached hydrogen (secondary N) is 1. The third-order valence-electron chi connectivity index (χ3n) is 3.15. The Morgan fingerprint density at radius 2 is 2.07 bits per heavy atom. The molecule has 3 atom stereocenters. The molecule has 76 valence electrons. The topological polar surface area (TPSA) is 12.0 Å². The lowest BCUT2D eigenvalue weighted by Gasteiger charge is -2.17. The van der Waals surface area contributed by atoms with E-state index in [4.69, 9.17) is 11.6 Å². The van der Waals surface area contributed by atoms with E-state index >= 15 is 0 Å². The van der Waals surface area contributed by atoms with Crippen LogP contribution in [0, 0.1) is 11.8 Å². The van der Waals surface area contributed by atoms with Crippen LogP contribution in [-0.2, 0) is 0 Å². The lowest BCUT2D eigenvalue weighted by Crippen LogP contribution is -2.19. The van der Waals surface area contributed by atoms with Crippen LogP contribution in [0.25, 0.3) is 0 Å². The Kier molecular flexibility index (Phi) is 2.80. The van der Waals surface area contributed by atoms with Crippen molar-refractivity contribution in [3.05, 3.63) is 34.9 Å². The highest BCUT2D eigenvalue weighted by Gasteiger charge is 2.39. The highest BCUT2D eigenvalue weighted by Crippen LogP contribution is 2.47. The van der Waals surface area contributed by atoms with Crippen molar-refractivity contribution in [1.29, 1.82) is 0 Å². The molecule has 1 aromatic rings. The molecule has 1 fully saturated rings. The second kappa shape index (κ2) is 3.92. The minimum atomic E-state index is 0.429. The smallest absolute Gasteiger partial charge is 0.0453 e. The fourth-order valence-electron chi connectivity index (χ4n) is 2.14. The summed E-state index contributed by atoms with van der Waals surface area (Å²) in [6, 6.07) is 8.55. The van der Waals surface area contributed by atoms with Gasteiger partial charge in [-0.3, -0.25) is 0 Å². The molecule has 1 aromatic carbocycles. The van der Waals surface area contributed by atoms with E-state index in [2.05, 4.69) is 24.4 Å². The lowest BCUT2D eigenvalue weighted by atomic mass is 10.0. The predicted molar refractivity (Wildman–Crippen MR) is 60.5 cm³/mol. The molecule has 1 aliphatic rings. The second-order valence-electron chi connectivity index (χ2n) is 4.16. The van der Waals surface area contributed by atoms with Gasteiger partial charge in [0.05, 0.1) is 0 Å². The van der Waals surface area contributed by atoms with Crippen LogP contribution in [0.15, 0.2) is 24.3 Å². The number of hydrogen-bond donors (Lipinski definition) is 1. The first-order valence-corrected chi connectivity index (χ1v) is 5.53. The summed E-state index contributed by atoms with van der Waals surface area (Å²) in [5, 5.41) is 4.25. The van der Waals surface area contributed by atoms with Crippen molar-refractivity contribution in [3.8, 4) is 0 Å². The molecule has 0 radical (unpaired) electrons. The zero-order valence-electron chi connectivity index (χ0n) is 8.63. The molecule has 1 N–H and O–H groups in total. The summed E-state index contributed by atoms with van der Waals surface area (Å²) in [6.45, 7) is 2.30. The van der Waals surface area contributed by atoms with E-state index < -0.39 is 0 Å². The first-order valence-electron chi connectivity index (χ1n) is 5.15. The Morgan fingerprint density at radius 1 is 1.43 bits per heavy atom. The highest BCUT2D eigenvalue weighted by atomic mass is 35.5. The number of hydrogen-bond acceptors (Lipinski definition) is 1. The summed E-state index contributed by atoms with van der Waals surface area (Å²) in [6.07, 6.45) is 1.32. The predicted octanol–water partition coefficient (Wildman–Crippen LogP) is 3.26. The van der Waals surface area contributed by atoms with Crippen LogP contribution >= 0.6 is 11.6 Å². The second-order valence-corrected chi connectivity index (χ2v) is 4.57. The minimum absolute atomic E-state index is 0.429. The molecule has 0 spiro atoms. The molecule has 14 heavy (non-hydrogen) atoms. The van der Waals surface area contributed by atoms with Gasteiger partial charge in [-0.2, -0.15) is 0 Å². The van der Waals surface area contributed by atoms with Crippen molar-refractivity contribution in [3.63, 3.8) is 0 Å². The Hall–Kier alpha value is -0.530. The van der Waals surface area contributed by atoms with E-state index in [1.165, 1.54) is 12.0 Å². The van der Waals surface area contributed by atoms with Crippen molar-refractivity contribution in [2.24, 2.45) is 11.8 Å². The molecule has 2 heteroatoms. The zero-order valence-corrected chi connectivity index (χ0v) is 9.38. The summed E-state index contributed by atoms with van der Waals surface area (Å²) in [5.74, 6) is 1.60. The summed E-state index contributed by atoms with van der Waals surface area (Å²) in [4.78, 5) is 0. The zero-order chi connectivity index (χ0) is 10.1. The van der Waals surface area contributed by atoms with Crippen LogP contribution in [0.1, 0.15) is 24.9 Å². The van der Waals surface area contributed by atoms with Gasteiger partial charge in [0.2, 0.25) is 0 Å². The van der Waals surface area contributed by atoms with Crippen molar-refractivity contribution >= 4 is 11.6 Å². The molecule has 0 saturated heterocycles. The van der Waals surface area contributed by atoms with Crippen LogP contribution in [0.5, 0.6) is 0 Å². The maximum atomic E-state index is 6.18. The molecular formula is C12H16ClN. The summed E-state index contributed by atoms with van der Waals surface area (Å²) >= 11 is 6.18. The normalized spacial score (nSPS) is 27.4.